The van der Waals surface area contributed by atoms with Crippen LogP contribution in [0, 0.1) is 6.92 Å². The fraction of sp³-hybridized carbons (Fsp3) is 0.345. The molecule has 0 aliphatic carbocycles. The van der Waals surface area contributed by atoms with Gasteiger partial charge in [-0.15, -0.1) is 0 Å². The molecule has 1 saturated heterocycles. The van der Waals surface area contributed by atoms with E-state index in [0.29, 0.717) is 11.6 Å². The van der Waals surface area contributed by atoms with Crippen LogP contribution in [0.3, 0.4) is 0 Å². The largest absolute Gasteiger partial charge is 0.366 e. The van der Waals surface area contributed by atoms with Crippen LogP contribution in [0.25, 0.3) is 33.5 Å². The van der Waals surface area contributed by atoms with Crippen LogP contribution in [0.5, 0.6) is 0 Å². The lowest BCUT2D eigenvalue weighted by Crippen LogP contribution is -2.54. The van der Waals surface area contributed by atoms with Crippen molar-refractivity contribution >= 4 is 22.8 Å². The zero-order valence-corrected chi connectivity index (χ0v) is 21.4. The normalized spacial score (nSPS) is 17.7. The van der Waals surface area contributed by atoms with E-state index in [1.807, 2.05) is 36.7 Å². The van der Waals surface area contributed by atoms with Crippen molar-refractivity contribution in [3.8, 4) is 22.4 Å². The van der Waals surface area contributed by atoms with Crippen molar-refractivity contribution < 1.29 is 4.79 Å². The van der Waals surface area contributed by atoms with Crippen LogP contribution >= 0.6 is 0 Å². The highest BCUT2D eigenvalue weighted by Gasteiger charge is 2.31. The number of nitrogens with one attached hydrogen (secondary N) is 1. The Bertz CT molecular complexity index is 1450. The second kappa shape index (κ2) is 8.75. The van der Waals surface area contributed by atoms with Gasteiger partial charge in [-0.25, -0.2) is 9.97 Å². The maximum absolute atomic E-state index is 12.3. The summed E-state index contributed by atoms with van der Waals surface area (Å²) in [5.74, 6) is -0.00627. The van der Waals surface area contributed by atoms with Gasteiger partial charge in [-0.1, -0.05) is 12.1 Å². The number of fused-ring (bicyclic) bond motifs is 4. The van der Waals surface area contributed by atoms with E-state index in [4.69, 9.17) is 9.97 Å². The summed E-state index contributed by atoms with van der Waals surface area (Å²) in [4.78, 5) is 31.9. The molecule has 1 amide bonds. The van der Waals surface area contributed by atoms with Gasteiger partial charge in [-0.2, -0.15) is 0 Å². The van der Waals surface area contributed by atoms with Crippen molar-refractivity contribution in [3.63, 3.8) is 0 Å². The highest BCUT2D eigenvalue weighted by atomic mass is 16.2. The second-order valence-corrected chi connectivity index (χ2v) is 10.4. The Morgan fingerprint density at radius 2 is 1.92 bits per heavy atom. The molecule has 2 aliphatic heterocycles. The highest BCUT2D eigenvalue weighted by Crippen LogP contribution is 2.38. The highest BCUT2D eigenvalue weighted by molar-refractivity contribution is 5.96. The van der Waals surface area contributed by atoms with Gasteiger partial charge in [0.2, 0.25) is 0 Å². The Hall–Kier alpha value is -3.71. The van der Waals surface area contributed by atoms with Crippen molar-refractivity contribution in [2.24, 2.45) is 0 Å². The van der Waals surface area contributed by atoms with Gasteiger partial charge in [-0.3, -0.25) is 4.79 Å². The average Bonchev–Trinajstić information content (AvgIpc) is 3.31. The van der Waals surface area contributed by atoms with Crippen LogP contribution in [0.4, 0.5) is 5.69 Å². The number of amides is 1. The van der Waals surface area contributed by atoms with Gasteiger partial charge in [0.25, 0.3) is 5.91 Å². The standard InChI is InChI=1S/C29H32N6O/c1-18-13-22(14-21-9-10-23-17-34(4)11-12-35(23)27(18)21)25-16-31-28-26(32-25)24(15-30-28)19-5-7-20(8-6-19)29(36)33(2)3/h5-8,13-16,23H,9-12,17H2,1-4H3,(H,30,31)/t23-/m0/s1. The SMILES string of the molecule is Cc1cc(-c2cnc3[nH]cc(-c4ccc(C(=O)N(C)C)cc4)c3n2)cc2c1N1CCN(C)C[C@@H]1CC2. The molecule has 4 heterocycles. The molecule has 0 unspecified atom stereocenters. The minimum atomic E-state index is -0.00627. The van der Waals surface area contributed by atoms with Crippen molar-refractivity contribution in [3.05, 3.63) is 65.5 Å². The number of hydrogen-bond acceptors (Lipinski definition) is 5. The summed E-state index contributed by atoms with van der Waals surface area (Å²) < 4.78 is 0. The van der Waals surface area contributed by atoms with Gasteiger partial charge in [0, 0.05) is 68.3 Å². The molecule has 2 aromatic carbocycles. The first kappa shape index (κ1) is 22.7. The molecule has 0 bridgehead atoms. The Labute approximate surface area is 211 Å². The summed E-state index contributed by atoms with van der Waals surface area (Å²) in [6.07, 6.45) is 6.11. The van der Waals surface area contributed by atoms with Crippen molar-refractivity contribution in [1.82, 2.24) is 24.8 Å². The average molecular weight is 481 g/mol. The topological polar surface area (TPSA) is 68.4 Å². The minimum absolute atomic E-state index is 0.00627. The predicted molar refractivity (Wildman–Crippen MR) is 144 cm³/mol. The first-order valence-corrected chi connectivity index (χ1v) is 12.6. The molecule has 2 aromatic heterocycles. The van der Waals surface area contributed by atoms with Crippen molar-refractivity contribution in [2.75, 3.05) is 45.7 Å². The van der Waals surface area contributed by atoms with Crippen LogP contribution in [0.1, 0.15) is 27.9 Å². The monoisotopic (exact) mass is 480 g/mol. The number of aromatic nitrogens is 3. The van der Waals surface area contributed by atoms with Gasteiger partial charge >= 0.3 is 0 Å². The van der Waals surface area contributed by atoms with E-state index in [2.05, 4.69) is 40.9 Å². The number of piperazine rings is 1. The maximum atomic E-state index is 12.3. The van der Waals surface area contributed by atoms with Crippen LogP contribution in [0.2, 0.25) is 0 Å². The summed E-state index contributed by atoms with van der Waals surface area (Å²) in [6.45, 7) is 5.57. The molecule has 184 valence electrons. The molecule has 7 nitrogen and oxygen atoms in total. The van der Waals surface area contributed by atoms with E-state index in [1.54, 1.807) is 19.0 Å². The zero-order chi connectivity index (χ0) is 25.0. The van der Waals surface area contributed by atoms with Crippen molar-refractivity contribution in [1.29, 1.82) is 0 Å². The Balaban J connectivity index is 1.36. The summed E-state index contributed by atoms with van der Waals surface area (Å²) in [5, 5.41) is 0. The number of anilines is 1. The summed E-state index contributed by atoms with van der Waals surface area (Å²) in [6, 6.07) is 12.9. The smallest absolute Gasteiger partial charge is 0.253 e. The zero-order valence-electron chi connectivity index (χ0n) is 21.4. The lowest BCUT2D eigenvalue weighted by atomic mass is 9.89. The second-order valence-electron chi connectivity index (χ2n) is 10.4. The number of aromatic amines is 1. The maximum Gasteiger partial charge on any atom is 0.253 e. The van der Waals surface area contributed by atoms with E-state index < -0.39 is 0 Å². The minimum Gasteiger partial charge on any atom is -0.366 e. The summed E-state index contributed by atoms with van der Waals surface area (Å²) >= 11 is 0. The first-order chi connectivity index (χ1) is 17.4. The molecule has 4 aromatic rings. The third-order valence-electron chi connectivity index (χ3n) is 7.62. The van der Waals surface area contributed by atoms with E-state index in [-0.39, 0.29) is 5.91 Å². The van der Waals surface area contributed by atoms with Gasteiger partial charge < -0.3 is 19.7 Å². The number of carbonyl (C=O) groups is 1. The van der Waals surface area contributed by atoms with Crippen LogP contribution in [-0.2, 0) is 6.42 Å². The molecule has 6 rings (SSSR count). The third kappa shape index (κ3) is 3.84. The lowest BCUT2D eigenvalue weighted by molar-refractivity contribution is 0.0827. The number of carbonyl (C=O) groups excluding carboxylic acids is 1. The van der Waals surface area contributed by atoms with E-state index in [0.717, 1.165) is 59.6 Å². The van der Waals surface area contributed by atoms with E-state index in [9.17, 15) is 4.79 Å². The molecular weight excluding hydrogens is 448 g/mol. The lowest BCUT2D eigenvalue weighted by Gasteiger charge is -2.46. The Kier molecular flexibility index (Phi) is 5.52. The number of aryl methyl sites for hydroxylation is 2. The molecule has 1 atom stereocenters. The molecule has 36 heavy (non-hydrogen) atoms. The number of H-pyrrole nitrogens is 1. The molecular formula is C29H32N6O. The molecule has 7 heteroatoms. The first-order valence-electron chi connectivity index (χ1n) is 12.6. The number of benzene rings is 2. The van der Waals surface area contributed by atoms with E-state index >= 15 is 0 Å². The molecule has 2 aliphatic rings. The van der Waals surface area contributed by atoms with Gasteiger partial charge in [0.1, 0.15) is 5.52 Å². The Morgan fingerprint density at radius 1 is 1.11 bits per heavy atom. The molecule has 0 radical (unpaired) electrons. The molecule has 1 N–H and O–H groups in total. The number of likely N-dealkylation sites (N-methyl/N-ethyl adjacent to an activating group) is 1. The third-order valence-corrected chi connectivity index (χ3v) is 7.62. The fourth-order valence-corrected chi connectivity index (χ4v) is 5.78. The van der Waals surface area contributed by atoms with Gasteiger partial charge in [0.05, 0.1) is 11.9 Å². The number of nitrogens with zero attached hydrogens (tertiary/aromatic N) is 5. The van der Waals surface area contributed by atoms with Crippen molar-refractivity contribution in [2.45, 2.75) is 25.8 Å². The number of hydrogen-bond donors (Lipinski definition) is 1. The van der Waals surface area contributed by atoms with Crippen LogP contribution in [0.15, 0.2) is 48.8 Å². The summed E-state index contributed by atoms with van der Waals surface area (Å²) in [5.41, 5.74) is 10.4. The quantitative estimate of drug-likeness (QED) is 0.472. The fourth-order valence-electron chi connectivity index (χ4n) is 5.78. The van der Waals surface area contributed by atoms with Crippen LogP contribution in [-0.4, -0.2) is 77.5 Å². The molecule has 0 saturated carbocycles. The van der Waals surface area contributed by atoms with E-state index in [1.165, 1.54) is 23.2 Å². The number of rotatable bonds is 3. The molecule has 0 spiro atoms. The predicted octanol–water partition coefficient (Wildman–Crippen LogP) is 4.37. The summed E-state index contributed by atoms with van der Waals surface area (Å²) in [7, 11) is 5.75. The van der Waals surface area contributed by atoms with Crippen LogP contribution < -0.4 is 4.90 Å². The molecule has 1 fully saturated rings. The Morgan fingerprint density at radius 3 is 2.69 bits per heavy atom. The van der Waals surface area contributed by atoms with Gasteiger partial charge in [-0.05, 0) is 67.8 Å². The van der Waals surface area contributed by atoms with Gasteiger partial charge in [0.15, 0.2) is 5.65 Å².